The molecule has 0 aromatic rings. The van der Waals surface area contributed by atoms with Gasteiger partial charge in [0.2, 0.25) is 0 Å². The summed E-state index contributed by atoms with van der Waals surface area (Å²) >= 11 is 1.95. The second-order valence-electron chi connectivity index (χ2n) is 5.20. The first-order valence-electron chi connectivity index (χ1n) is 6.99. The number of rotatable bonds is 7. The lowest BCUT2D eigenvalue weighted by Crippen LogP contribution is -2.42. The molecule has 0 saturated heterocycles. The molecule has 0 amide bonds. The zero-order valence-corrected chi connectivity index (χ0v) is 13.4. The van der Waals surface area contributed by atoms with Gasteiger partial charge in [-0.2, -0.15) is 11.8 Å². The lowest BCUT2D eigenvalue weighted by molar-refractivity contribution is 0.289. The lowest BCUT2D eigenvalue weighted by atomic mass is 9.84. The highest BCUT2D eigenvalue weighted by Gasteiger charge is 2.32. The Morgan fingerprint density at radius 3 is 2.61 bits per heavy atom. The molecule has 108 valence electrons. The Hall–Kier alpha value is 0.260. The maximum absolute atomic E-state index is 11.7. The van der Waals surface area contributed by atoms with Crippen molar-refractivity contribution in [1.82, 2.24) is 5.32 Å². The summed E-state index contributed by atoms with van der Waals surface area (Å²) in [6.45, 7) is 5.27. The van der Waals surface area contributed by atoms with Gasteiger partial charge in [0.15, 0.2) is 0 Å². The van der Waals surface area contributed by atoms with Gasteiger partial charge in [0.05, 0.1) is 5.25 Å². The van der Waals surface area contributed by atoms with Crippen LogP contribution in [0.5, 0.6) is 0 Å². The summed E-state index contributed by atoms with van der Waals surface area (Å²) in [5.74, 6) is 2.76. The monoisotopic (exact) mass is 293 g/mol. The summed E-state index contributed by atoms with van der Waals surface area (Å²) in [7, 11) is -2.86. The molecule has 1 rings (SSSR count). The van der Waals surface area contributed by atoms with Crippen molar-refractivity contribution in [2.75, 3.05) is 24.3 Å². The van der Waals surface area contributed by atoms with Gasteiger partial charge in [-0.3, -0.25) is 0 Å². The van der Waals surface area contributed by atoms with Gasteiger partial charge in [-0.15, -0.1) is 0 Å². The molecule has 3 atom stereocenters. The van der Waals surface area contributed by atoms with E-state index in [1.165, 1.54) is 12.7 Å². The number of thioether (sulfide) groups is 1. The summed E-state index contributed by atoms with van der Waals surface area (Å²) in [4.78, 5) is 0. The predicted molar refractivity (Wildman–Crippen MR) is 81.1 cm³/mol. The Bertz CT molecular complexity index is 330. The Balaban J connectivity index is 2.61. The molecular formula is C13H27NO2S2. The third-order valence-electron chi connectivity index (χ3n) is 3.81. The van der Waals surface area contributed by atoms with Crippen LogP contribution in [0.1, 0.15) is 39.5 Å². The molecule has 1 saturated carbocycles. The van der Waals surface area contributed by atoms with Crippen molar-refractivity contribution in [2.24, 2.45) is 5.92 Å². The summed E-state index contributed by atoms with van der Waals surface area (Å²) in [5.41, 5.74) is 0. The van der Waals surface area contributed by atoms with Crippen LogP contribution in [0.15, 0.2) is 0 Å². The van der Waals surface area contributed by atoms with Crippen LogP contribution in [0.4, 0.5) is 0 Å². The molecule has 0 spiro atoms. The third kappa shape index (κ3) is 5.10. The predicted octanol–water partition coefficient (Wildman–Crippen LogP) is 2.32. The molecule has 1 N–H and O–H groups in total. The van der Waals surface area contributed by atoms with Crippen LogP contribution < -0.4 is 5.32 Å². The zero-order valence-electron chi connectivity index (χ0n) is 11.8. The Labute approximate surface area is 116 Å². The fourth-order valence-electron chi connectivity index (χ4n) is 2.80. The van der Waals surface area contributed by atoms with Crippen molar-refractivity contribution in [3.63, 3.8) is 0 Å². The van der Waals surface area contributed by atoms with E-state index in [2.05, 4.69) is 19.2 Å². The van der Waals surface area contributed by atoms with E-state index in [0.717, 1.165) is 37.3 Å². The normalized spacial score (nSPS) is 27.1. The Morgan fingerprint density at radius 2 is 2.06 bits per heavy atom. The van der Waals surface area contributed by atoms with Gasteiger partial charge >= 0.3 is 0 Å². The van der Waals surface area contributed by atoms with E-state index in [9.17, 15) is 8.42 Å². The van der Waals surface area contributed by atoms with Crippen LogP contribution in [0, 0.1) is 5.92 Å². The van der Waals surface area contributed by atoms with E-state index in [4.69, 9.17) is 0 Å². The van der Waals surface area contributed by atoms with Crippen LogP contribution in [-0.2, 0) is 9.84 Å². The minimum Gasteiger partial charge on any atom is -0.313 e. The number of hydrogen-bond acceptors (Lipinski definition) is 4. The molecule has 18 heavy (non-hydrogen) atoms. The fraction of sp³-hybridized carbons (Fsp3) is 1.00. The van der Waals surface area contributed by atoms with Crippen LogP contribution in [0.25, 0.3) is 0 Å². The molecule has 1 aliphatic rings. The minimum atomic E-state index is -2.86. The first-order valence-corrected chi connectivity index (χ1v) is 10.1. The van der Waals surface area contributed by atoms with Crippen molar-refractivity contribution < 1.29 is 8.42 Å². The molecule has 0 bridgehead atoms. The number of sulfone groups is 1. The maximum Gasteiger partial charge on any atom is 0.150 e. The Kier molecular flexibility index (Phi) is 7.03. The molecule has 1 aliphatic carbocycles. The molecule has 0 heterocycles. The van der Waals surface area contributed by atoms with E-state index in [1.807, 2.05) is 11.8 Å². The van der Waals surface area contributed by atoms with Crippen LogP contribution >= 0.6 is 11.8 Å². The van der Waals surface area contributed by atoms with Gasteiger partial charge in [0.1, 0.15) is 9.84 Å². The highest BCUT2D eigenvalue weighted by atomic mass is 32.2. The van der Waals surface area contributed by atoms with Crippen molar-refractivity contribution in [3.05, 3.63) is 0 Å². The van der Waals surface area contributed by atoms with Crippen LogP contribution in [0.2, 0.25) is 0 Å². The van der Waals surface area contributed by atoms with Gasteiger partial charge in [0, 0.05) is 18.1 Å². The van der Waals surface area contributed by atoms with E-state index in [0.29, 0.717) is 12.0 Å². The first kappa shape index (κ1) is 16.3. The average Bonchev–Trinajstić information content (AvgIpc) is 2.33. The zero-order chi connectivity index (χ0) is 13.6. The van der Waals surface area contributed by atoms with Crippen molar-refractivity contribution >= 4 is 21.6 Å². The standard InChI is InChI=1S/C13H27NO2S2/c1-4-14-13(10-17-5-2)11-7-6-8-12(9-11)18(3,15)16/h11-14H,4-10H2,1-3H3. The molecular weight excluding hydrogens is 266 g/mol. The summed E-state index contributed by atoms with van der Waals surface area (Å²) in [6.07, 6.45) is 5.33. The summed E-state index contributed by atoms with van der Waals surface area (Å²) in [6, 6.07) is 0.476. The van der Waals surface area contributed by atoms with E-state index >= 15 is 0 Å². The van der Waals surface area contributed by atoms with Crippen LogP contribution in [-0.4, -0.2) is 44.0 Å². The molecule has 3 nitrogen and oxygen atoms in total. The first-order chi connectivity index (χ1) is 8.49. The SMILES string of the molecule is CCNC(CSCC)C1CCCC(S(C)(=O)=O)C1. The second-order valence-corrected chi connectivity index (χ2v) is 8.85. The largest absolute Gasteiger partial charge is 0.313 e. The molecule has 0 aliphatic heterocycles. The topological polar surface area (TPSA) is 46.2 Å². The van der Waals surface area contributed by atoms with Gasteiger partial charge in [0.25, 0.3) is 0 Å². The van der Waals surface area contributed by atoms with Crippen molar-refractivity contribution in [2.45, 2.75) is 50.8 Å². The number of nitrogens with one attached hydrogen (secondary N) is 1. The molecule has 0 aromatic carbocycles. The van der Waals surface area contributed by atoms with E-state index < -0.39 is 9.84 Å². The third-order valence-corrected chi connectivity index (χ3v) is 6.45. The number of hydrogen-bond donors (Lipinski definition) is 1. The summed E-state index contributed by atoms with van der Waals surface area (Å²) in [5, 5.41) is 3.44. The van der Waals surface area contributed by atoms with E-state index in [1.54, 1.807) is 0 Å². The minimum absolute atomic E-state index is 0.107. The van der Waals surface area contributed by atoms with Gasteiger partial charge in [-0.1, -0.05) is 20.3 Å². The van der Waals surface area contributed by atoms with Crippen molar-refractivity contribution in [1.29, 1.82) is 0 Å². The quantitative estimate of drug-likeness (QED) is 0.782. The van der Waals surface area contributed by atoms with Gasteiger partial charge < -0.3 is 5.32 Å². The molecule has 3 unspecified atom stereocenters. The highest BCUT2D eigenvalue weighted by molar-refractivity contribution is 7.99. The Morgan fingerprint density at radius 1 is 1.33 bits per heavy atom. The van der Waals surface area contributed by atoms with Gasteiger partial charge in [-0.05, 0) is 37.5 Å². The average molecular weight is 293 g/mol. The van der Waals surface area contributed by atoms with Gasteiger partial charge in [-0.25, -0.2) is 8.42 Å². The highest BCUT2D eigenvalue weighted by Crippen LogP contribution is 2.31. The lowest BCUT2D eigenvalue weighted by Gasteiger charge is -2.34. The maximum atomic E-state index is 11.7. The summed E-state index contributed by atoms with van der Waals surface area (Å²) < 4.78 is 23.4. The molecule has 0 radical (unpaired) electrons. The molecule has 5 heteroatoms. The molecule has 0 aromatic heterocycles. The second kappa shape index (κ2) is 7.75. The van der Waals surface area contributed by atoms with Crippen molar-refractivity contribution in [3.8, 4) is 0 Å². The van der Waals surface area contributed by atoms with Crippen LogP contribution in [0.3, 0.4) is 0 Å². The van der Waals surface area contributed by atoms with E-state index in [-0.39, 0.29) is 5.25 Å². The smallest absolute Gasteiger partial charge is 0.150 e. The fourth-order valence-corrected chi connectivity index (χ4v) is 4.88. The molecule has 1 fully saturated rings.